The number of nitrogen functional groups attached to an aromatic ring is 1. The van der Waals surface area contributed by atoms with Gasteiger partial charge in [0.1, 0.15) is 5.60 Å². The van der Waals surface area contributed by atoms with E-state index in [2.05, 4.69) is 17.0 Å². The predicted molar refractivity (Wildman–Crippen MR) is 88.7 cm³/mol. The number of anilines is 1. The molecule has 1 saturated heterocycles. The number of amides is 1. The number of piperazine rings is 1. The molecule has 22 heavy (non-hydrogen) atoms. The molecule has 0 radical (unpaired) electrons. The normalized spacial score (nSPS) is 16.6. The fraction of sp³-hybridized carbons (Fsp3) is 0.588. The second kappa shape index (κ2) is 6.57. The van der Waals surface area contributed by atoms with Gasteiger partial charge in [-0.25, -0.2) is 4.79 Å². The molecule has 1 heterocycles. The van der Waals surface area contributed by atoms with E-state index < -0.39 is 5.60 Å². The van der Waals surface area contributed by atoms with Crippen molar-refractivity contribution in [3.63, 3.8) is 0 Å². The van der Waals surface area contributed by atoms with Crippen LogP contribution in [0.25, 0.3) is 0 Å². The maximum Gasteiger partial charge on any atom is 0.410 e. The van der Waals surface area contributed by atoms with Crippen molar-refractivity contribution >= 4 is 11.8 Å². The maximum atomic E-state index is 12.0. The number of rotatable bonds is 2. The summed E-state index contributed by atoms with van der Waals surface area (Å²) >= 11 is 0. The Kier molecular flexibility index (Phi) is 4.96. The number of ether oxygens (including phenoxy) is 1. The van der Waals surface area contributed by atoms with Crippen LogP contribution in [0.4, 0.5) is 10.5 Å². The highest BCUT2D eigenvalue weighted by molar-refractivity contribution is 5.68. The van der Waals surface area contributed by atoms with Crippen molar-refractivity contribution in [2.45, 2.75) is 39.8 Å². The van der Waals surface area contributed by atoms with Gasteiger partial charge in [0.25, 0.3) is 0 Å². The molecule has 0 saturated carbocycles. The fourth-order valence-corrected chi connectivity index (χ4v) is 2.46. The Hall–Kier alpha value is -1.75. The predicted octanol–water partition coefficient (Wildman–Crippen LogP) is 2.63. The van der Waals surface area contributed by atoms with Gasteiger partial charge >= 0.3 is 6.09 Å². The van der Waals surface area contributed by atoms with Crippen molar-refractivity contribution in [2.24, 2.45) is 0 Å². The molecular weight excluding hydrogens is 278 g/mol. The van der Waals surface area contributed by atoms with E-state index in [1.54, 1.807) is 4.90 Å². The molecular formula is C17H27N3O2. The average Bonchev–Trinajstić information content (AvgIpc) is 2.42. The van der Waals surface area contributed by atoms with E-state index in [9.17, 15) is 4.79 Å². The summed E-state index contributed by atoms with van der Waals surface area (Å²) in [6, 6.07) is 6.21. The molecule has 1 aromatic rings. The Labute approximate surface area is 133 Å². The monoisotopic (exact) mass is 305 g/mol. The van der Waals surface area contributed by atoms with Gasteiger partial charge in [-0.2, -0.15) is 0 Å². The lowest BCUT2D eigenvalue weighted by Gasteiger charge is -2.35. The lowest BCUT2D eigenvalue weighted by atomic mass is 10.1. The number of hydrogen-bond donors (Lipinski definition) is 1. The molecule has 0 bridgehead atoms. The van der Waals surface area contributed by atoms with Gasteiger partial charge in [-0.3, -0.25) is 4.90 Å². The highest BCUT2D eigenvalue weighted by atomic mass is 16.6. The van der Waals surface area contributed by atoms with E-state index in [0.29, 0.717) is 13.1 Å². The molecule has 2 rings (SSSR count). The van der Waals surface area contributed by atoms with Crippen LogP contribution in [0, 0.1) is 6.92 Å². The molecule has 1 aromatic carbocycles. The van der Waals surface area contributed by atoms with Gasteiger partial charge in [0, 0.05) is 38.4 Å². The number of hydrogen-bond acceptors (Lipinski definition) is 4. The second-order valence-electron chi connectivity index (χ2n) is 6.93. The lowest BCUT2D eigenvalue weighted by molar-refractivity contribution is 0.0139. The minimum Gasteiger partial charge on any atom is -0.444 e. The fourth-order valence-electron chi connectivity index (χ4n) is 2.46. The van der Waals surface area contributed by atoms with E-state index in [1.165, 1.54) is 5.56 Å². The molecule has 1 fully saturated rings. The van der Waals surface area contributed by atoms with Crippen LogP contribution in [0.2, 0.25) is 0 Å². The van der Waals surface area contributed by atoms with Crippen LogP contribution in [-0.2, 0) is 11.3 Å². The van der Waals surface area contributed by atoms with Crippen molar-refractivity contribution in [1.29, 1.82) is 0 Å². The van der Waals surface area contributed by atoms with Gasteiger partial charge < -0.3 is 15.4 Å². The third-order valence-corrected chi connectivity index (χ3v) is 3.77. The Morgan fingerprint density at radius 1 is 1.23 bits per heavy atom. The van der Waals surface area contributed by atoms with Crippen molar-refractivity contribution in [3.05, 3.63) is 29.3 Å². The summed E-state index contributed by atoms with van der Waals surface area (Å²) in [5, 5.41) is 0. The van der Waals surface area contributed by atoms with Crippen molar-refractivity contribution < 1.29 is 9.53 Å². The number of carbonyl (C=O) groups is 1. The summed E-state index contributed by atoms with van der Waals surface area (Å²) in [6.07, 6.45) is -0.216. The zero-order chi connectivity index (χ0) is 16.3. The van der Waals surface area contributed by atoms with E-state index in [1.807, 2.05) is 33.8 Å². The first kappa shape index (κ1) is 16.6. The van der Waals surface area contributed by atoms with E-state index >= 15 is 0 Å². The third-order valence-electron chi connectivity index (χ3n) is 3.77. The standard InChI is InChI=1S/C17H27N3O2/c1-13-5-6-14(11-15(13)18)12-19-7-9-20(10-8-19)16(21)22-17(2,3)4/h5-6,11H,7-10,12,18H2,1-4H3. The Morgan fingerprint density at radius 3 is 2.41 bits per heavy atom. The van der Waals surface area contributed by atoms with Gasteiger partial charge in [-0.05, 0) is 44.9 Å². The van der Waals surface area contributed by atoms with Crippen molar-refractivity contribution in [1.82, 2.24) is 9.80 Å². The number of nitrogens with two attached hydrogens (primary N) is 1. The number of benzene rings is 1. The summed E-state index contributed by atoms with van der Waals surface area (Å²) in [6.45, 7) is 11.7. The topological polar surface area (TPSA) is 58.8 Å². The molecule has 0 aliphatic carbocycles. The molecule has 0 atom stereocenters. The maximum absolute atomic E-state index is 12.0. The molecule has 0 spiro atoms. The summed E-state index contributed by atoms with van der Waals surface area (Å²) in [4.78, 5) is 16.2. The van der Waals surface area contributed by atoms with Crippen molar-refractivity contribution in [3.8, 4) is 0 Å². The molecule has 2 N–H and O–H groups in total. The highest BCUT2D eigenvalue weighted by Gasteiger charge is 2.25. The quantitative estimate of drug-likeness (QED) is 0.853. The smallest absolute Gasteiger partial charge is 0.410 e. The first-order chi connectivity index (χ1) is 10.2. The van der Waals surface area contributed by atoms with Crippen LogP contribution >= 0.6 is 0 Å². The van der Waals surface area contributed by atoms with E-state index in [-0.39, 0.29) is 6.09 Å². The zero-order valence-electron chi connectivity index (χ0n) is 14.1. The molecule has 5 nitrogen and oxygen atoms in total. The zero-order valence-corrected chi connectivity index (χ0v) is 14.1. The summed E-state index contributed by atoms with van der Waals surface area (Å²) in [7, 11) is 0. The number of carbonyl (C=O) groups excluding carboxylic acids is 1. The Balaban J connectivity index is 1.84. The Bertz CT molecular complexity index is 529. The summed E-state index contributed by atoms with van der Waals surface area (Å²) in [5.74, 6) is 0. The highest BCUT2D eigenvalue weighted by Crippen LogP contribution is 2.16. The first-order valence-corrected chi connectivity index (χ1v) is 7.80. The van der Waals surface area contributed by atoms with Crippen LogP contribution < -0.4 is 5.73 Å². The van der Waals surface area contributed by atoms with Crippen molar-refractivity contribution in [2.75, 3.05) is 31.9 Å². The molecule has 5 heteroatoms. The third kappa shape index (κ3) is 4.63. The van der Waals surface area contributed by atoms with Gasteiger partial charge in [0.15, 0.2) is 0 Å². The van der Waals surface area contributed by atoms with Gasteiger partial charge in [-0.1, -0.05) is 12.1 Å². The molecule has 1 aliphatic heterocycles. The van der Waals surface area contributed by atoms with Gasteiger partial charge in [-0.15, -0.1) is 0 Å². The molecule has 0 aromatic heterocycles. The van der Waals surface area contributed by atoms with Crippen LogP contribution in [-0.4, -0.2) is 47.7 Å². The average molecular weight is 305 g/mol. The SMILES string of the molecule is Cc1ccc(CN2CCN(C(=O)OC(C)(C)C)CC2)cc1N. The van der Waals surface area contributed by atoms with E-state index in [0.717, 1.165) is 30.9 Å². The minimum absolute atomic E-state index is 0.216. The van der Waals surface area contributed by atoms with Gasteiger partial charge in [0.05, 0.1) is 0 Å². The van der Waals surface area contributed by atoms with E-state index in [4.69, 9.17) is 10.5 Å². The largest absolute Gasteiger partial charge is 0.444 e. The van der Waals surface area contributed by atoms with Crippen LogP contribution in [0.15, 0.2) is 18.2 Å². The number of aryl methyl sites for hydroxylation is 1. The molecule has 1 amide bonds. The number of nitrogens with zero attached hydrogens (tertiary/aromatic N) is 2. The van der Waals surface area contributed by atoms with Crippen LogP contribution in [0.3, 0.4) is 0 Å². The Morgan fingerprint density at radius 2 is 1.86 bits per heavy atom. The van der Waals surface area contributed by atoms with Gasteiger partial charge in [0.2, 0.25) is 0 Å². The summed E-state index contributed by atoms with van der Waals surface area (Å²) in [5.41, 5.74) is 8.69. The van der Waals surface area contributed by atoms with Crippen LogP contribution in [0.1, 0.15) is 31.9 Å². The molecule has 122 valence electrons. The first-order valence-electron chi connectivity index (χ1n) is 7.80. The summed E-state index contributed by atoms with van der Waals surface area (Å²) < 4.78 is 5.41. The minimum atomic E-state index is -0.437. The molecule has 0 unspecified atom stereocenters. The molecule has 1 aliphatic rings. The lowest BCUT2D eigenvalue weighted by Crippen LogP contribution is -2.49. The van der Waals surface area contributed by atoms with Crippen LogP contribution in [0.5, 0.6) is 0 Å². The second-order valence-corrected chi connectivity index (χ2v) is 6.93.